The van der Waals surface area contributed by atoms with Crippen LogP contribution < -0.4 is 0 Å². The highest BCUT2D eigenvalue weighted by atomic mass is 35.5. The van der Waals surface area contributed by atoms with Crippen LogP contribution in [0.25, 0.3) is 10.9 Å². The molecule has 0 saturated carbocycles. The molecule has 1 aromatic carbocycles. The first kappa shape index (κ1) is 9.73. The standard InChI is InChI=1S/C12H10ClNO2/c13-10-2-1-3-11-9(10)5-8-4-7(12(15)16)6-14(8)11/h1-3,5,7H,4,6H2,(H,15,16). The fraction of sp³-hybridized carbons (Fsp3) is 0.250. The van der Waals surface area contributed by atoms with Crippen molar-refractivity contribution in [1.29, 1.82) is 0 Å². The maximum Gasteiger partial charge on any atom is 0.308 e. The minimum Gasteiger partial charge on any atom is -0.481 e. The summed E-state index contributed by atoms with van der Waals surface area (Å²) in [6.07, 6.45) is 0.598. The summed E-state index contributed by atoms with van der Waals surface area (Å²) in [4.78, 5) is 10.9. The molecular formula is C12H10ClNO2. The van der Waals surface area contributed by atoms with Crippen LogP contribution in [-0.4, -0.2) is 15.6 Å². The summed E-state index contributed by atoms with van der Waals surface area (Å²) in [5.74, 6) is -1.02. The van der Waals surface area contributed by atoms with Crippen molar-refractivity contribution in [2.24, 2.45) is 5.92 Å². The first-order valence-electron chi connectivity index (χ1n) is 5.16. The molecular weight excluding hydrogens is 226 g/mol. The molecule has 0 aliphatic carbocycles. The lowest BCUT2D eigenvalue weighted by atomic mass is 10.1. The van der Waals surface area contributed by atoms with Crippen LogP contribution in [0, 0.1) is 5.92 Å². The zero-order chi connectivity index (χ0) is 11.3. The van der Waals surface area contributed by atoms with Crippen molar-refractivity contribution in [3.05, 3.63) is 35.0 Å². The third kappa shape index (κ3) is 1.25. The summed E-state index contributed by atoms with van der Waals surface area (Å²) in [6, 6.07) is 7.73. The SMILES string of the molecule is O=C(O)C1Cc2cc3c(Cl)cccc3n2C1. The zero-order valence-corrected chi connectivity index (χ0v) is 9.24. The lowest BCUT2D eigenvalue weighted by Crippen LogP contribution is -2.14. The summed E-state index contributed by atoms with van der Waals surface area (Å²) in [5, 5.41) is 10.7. The van der Waals surface area contributed by atoms with Gasteiger partial charge in [-0.3, -0.25) is 4.79 Å². The number of carbonyl (C=O) groups is 1. The number of carboxylic acids is 1. The van der Waals surface area contributed by atoms with Crippen LogP contribution in [0.1, 0.15) is 5.69 Å². The Morgan fingerprint density at radius 3 is 3.06 bits per heavy atom. The van der Waals surface area contributed by atoms with Gasteiger partial charge in [0.1, 0.15) is 0 Å². The summed E-state index contributed by atoms with van der Waals surface area (Å²) >= 11 is 6.09. The van der Waals surface area contributed by atoms with E-state index in [-0.39, 0.29) is 5.92 Å². The number of aliphatic carboxylic acids is 1. The second kappa shape index (κ2) is 3.25. The van der Waals surface area contributed by atoms with Gasteiger partial charge in [0.05, 0.1) is 5.92 Å². The Kier molecular flexibility index (Phi) is 1.98. The molecule has 0 bridgehead atoms. The van der Waals surface area contributed by atoms with Crippen molar-refractivity contribution in [2.45, 2.75) is 13.0 Å². The van der Waals surface area contributed by atoms with Crippen molar-refractivity contribution in [1.82, 2.24) is 4.57 Å². The monoisotopic (exact) mass is 235 g/mol. The minimum absolute atomic E-state index is 0.293. The smallest absolute Gasteiger partial charge is 0.308 e. The number of benzene rings is 1. The van der Waals surface area contributed by atoms with Crippen molar-refractivity contribution in [3.8, 4) is 0 Å². The summed E-state index contributed by atoms with van der Waals surface area (Å²) in [5.41, 5.74) is 2.10. The van der Waals surface area contributed by atoms with Crippen molar-refractivity contribution < 1.29 is 9.90 Å². The highest BCUT2D eigenvalue weighted by molar-refractivity contribution is 6.35. The number of fused-ring (bicyclic) bond motifs is 3. The van der Waals surface area contributed by atoms with Gasteiger partial charge in [-0.2, -0.15) is 0 Å². The van der Waals surface area contributed by atoms with E-state index in [0.29, 0.717) is 13.0 Å². The quantitative estimate of drug-likeness (QED) is 0.826. The van der Waals surface area contributed by atoms with E-state index >= 15 is 0 Å². The van der Waals surface area contributed by atoms with Crippen LogP contribution >= 0.6 is 11.6 Å². The third-order valence-electron chi connectivity index (χ3n) is 3.19. The van der Waals surface area contributed by atoms with E-state index in [1.807, 2.05) is 24.3 Å². The average Bonchev–Trinajstić information content (AvgIpc) is 2.76. The maximum atomic E-state index is 10.9. The Bertz CT molecular complexity index is 588. The highest BCUT2D eigenvalue weighted by Crippen LogP contribution is 2.32. The molecule has 3 nitrogen and oxygen atoms in total. The molecule has 1 aliphatic heterocycles. The molecule has 0 saturated heterocycles. The number of halogens is 1. The van der Waals surface area contributed by atoms with Gasteiger partial charge in [0.2, 0.25) is 0 Å². The lowest BCUT2D eigenvalue weighted by molar-refractivity contribution is -0.141. The fourth-order valence-electron chi connectivity index (χ4n) is 2.39. The molecule has 0 spiro atoms. The van der Waals surface area contributed by atoms with Gasteiger partial charge >= 0.3 is 5.97 Å². The molecule has 2 aromatic rings. The number of aromatic nitrogens is 1. The van der Waals surface area contributed by atoms with Gasteiger partial charge in [-0.15, -0.1) is 0 Å². The van der Waals surface area contributed by atoms with E-state index in [9.17, 15) is 4.79 Å². The van der Waals surface area contributed by atoms with E-state index in [2.05, 4.69) is 4.57 Å². The van der Waals surface area contributed by atoms with Crippen LogP contribution in [0.4, 0.5) is 0 Å². The molecule has 0 fully saturated rings. The topological polar surface area (TPSA) is 42.2 Å². The summed E-state index contributed by atoms with van der Waals surface area (Å²) in [6.45, 7) is 0.550. The number of rotatable bonds is 1. The normalized spacial score (nSPS) is 18.9. The van der Waals surface area contributed by atoms with Crippen LogP contribution in [-0.2, 0) is 17.8 Å². The van der Waals surface area contributed by atoms with E-state index in [1.165, 1.54) is 0 Å². The largest absolute Gasteiger partial charge is 0.481 e. The lowest BCUT2D eigenvalue weighted by Gasteiger charge is -2.04. The number of nitrogens with zero attached hydrogens (tertiary/aromatic N) is 1. The van der Waals surface area contributed by atoms with Gasteiger partial charge in [0.25, 0.3) is 0 Å². The van der Waals surface area contributed by atoms with Crippen molar-refractivity contribution in [3.63, 3.8) is 0 Å². The Morgan fingerprint density at radius 2 is 2.31 bits per heavy atom. The average molecular weight is 236 g/mol. The van der Waals surface area contributed by atoms with Gasteiger partial charge in [-0.1, -0.05) is 17.7 Å². The maximum absolute atomic E-state index is 10.9. The van der Waals surface area contributed by atoms with Crippen molar-refractivity contribution in [2.75, 3.05) is 0 Å². The first-order valence-corrected chi connectivity index (χ1v) is 5.54. The predicted octanol–water partition coefficient (Wildman–Crippen LogP) is 2.55. The van der Waals surface area contributed by atoms with Gasteiger partial charge in [0, 0.05) is 34.6 Å². The molecule has 1 N–H and O–H groups in total. The molecule has 0 amide bonds. The molecule has 2 heterocycles. The van der Waals surface area contributed by atoms with Gasteiger partial charge in [-0.05, 0) is 18.2 Å². The third-order valence-corrected chi connectivity index (χ3v) is 3.52. The fourth-order valence-corrected chi connectivity index (χ4v) is 2.61. The van der Waals surface area contributed by atoms with E-state index in [4.69, 9.17) is 16.7 Å². The molecule has 1 aliphatic rings. The summed E-state index contributed by atoms with van der Waals surface area (Å²) in [7, 11) is 0. The van der Waals surface area contributed by atoms with Crippen LogP contribution in [0.3, 0.4) is 0 Å². The number of carboxylic acid groups (broad SMARTS) is 1. The second-order valence-corrected chi connectivity index (χ2v) is 4.57. The molecule has 1 atom stereocenters. The Balaban J connectivity index is 2.15. The molecule has 3 rings (SSSR count). The molecule has 82 valence electrons. The molecule has 0 radical (unpaired) electrons. The van der Waals surface area contributed by atoms with E-state index in [1.54, 1.807) is 0 Å². The number of hydrogen-bond acceptors (Lipinski definition) is 1. The summed E-state index contributed by atoms with van der Waals surface area (Å²) < 4.78 is 2.06. The predicted molar refractivity (Wildman–Crippen MR) is 61.8 cm³/mol. The van der Waals surface area contributed by atoms with E-state index in [0.717, 1.165) is 21.6 Å². The van der Waals surface area contributed by atoms with Crippen LogP contribution in [0.15, 0.2) is 24.3 Å². The van der Waals surface area contributed by atoms with Crippen LogP contribution in [0.2, 0.25) is 5.02 Å². The van der Waals surface area contributed by atoms with E-state index < -0.39 is 5.97 Å². The van der Waals surface area contributed by atoms with Gasteiger partial charge < -0.3 is 9.67 Å². The Labute approximate surface area is 97.2 Å². The second-order valence-electron chi connectivity index (χ2n) is 4.16. The minimum atomic E-state index is -0.723. The van der Waals surface area contributed by atoms with Gasteiger partial charge in [-0.25, -0.2) is 0 Å². The van der Waals surface area contributed by atoms with Crippen molar-refractivity contribution >= 4 is 28.5 Å². The van der Waals surface area contributed by atoms with Gasteiger partial charge in [0.15, 0.2) is 0 Å². The zero-order valence-electron chi connectivity index (χ0n) is 8.48. The first-order chi connectivity index (χ1) is 7.66. The molecule has 1 aromatic heterocycles. The molecule has 4 heteroatoms. The van der Waals surface area contributed by atoms with Crippen LogP contribution in [0.5, 0.6) is 0 Å². The Morgan fingerprint density at radius 1 is 1.50 bits per heavy atom. The highest BCUT2D eigenvalue weighted by Gasteiger charge is 2.28. The molecule has 16 heavy (non-hydrogen) atoms. The number of hydrogen-bond donors (Lipinski definition) is 1. The molecule has 1 unspecified atom stereocenters. The Hall–Kier alpha value is -1.48.